The molecule has 78 valence electrons. The zero-order valence-electron chi connectivity index (χ0n) is 8.44. The Bertz CT molecular complexity index is 629. The standard InChI is InChI=1S/C13H9FN2/c14-11-8-15-13-10(11)6-7-12(16-13)9-4-2-1-3-5-9/h1-8H,(H,15,16). The maximum atomic E-state index is 13.2. The molecule has 0 aliphatic carbocycles. The van der Waals surface area contributed by atoms with Gasteiger partial charge in [-0.2, -0.15) is 0 Å². The molecule has 0 aliphatic rings. The van der Waals surface area contributed by atoms with Gasteiger partial charge in [0.2, 0.25) is 0 Å². The van der Waals surface area contributed by atoms with Gasteiger partial charge in [0.05, 0.1) is 11.1 Å². The van der Waals surface area contributed by atoms with Crippen LogP contribution in [0.1, 0.15) is 0 Å². The van der Waals surface area contributed by atoms with Crippen molar-refractivity contribution >= 4 is 11.0 Å². The number of rotatable bonds is 1. The molecule has 3 rings (SSSR count). The van der Waals surface area contributed by atoms with Crippen LogP contribution in [0.15, 0.2) is 48.7 Å². The van der Waals surface area contributed by atoms with Crippen molar-refractivity contribution in [3.63, 3.8) is 0 Å². The Morgan fingerprint density at radius 2 is 1.81 bits per heavy atom. The normalized spacial score (nSPS) is 10.8. The second-order valence-corrected chi connectivity index (χ2v) is 3.60. The van der Waals surface area contributed by atoms with Crippen molar-refractivity contribution < 1.29 is 4.39 Å². The number of benzene rings is 1. The van der Waals surface area contributed by atoms with Gasteiger partial charge >= 0.3 is 0 Å². The summed E-state index contributed by atoms with van der Waals surface area (Å²) in [6, 6.07) is 13.4. The number of halogens is 1. The topological polar surface area (TPSA) is 28.7 Å². The van der Waals surface area contributed by atoms with Crippen LogP contribution < -0.4 is 0 Å². The average Bonchev–Trinajstić information content (AvgIpc) is 2.72. The Kier molecular flexibility index (Phi) is 1.96. The van der Waals surface area contributed by atoms with Gasteiger partial charge in [-0.25, -0.2) is 9.37 Å². The summed E-state index contributed by atoms with van der Waals surface area (Å²) < 4.78 is 13.2. The van der Waals surface area contributed by atoms with Gasteiger partial charge in [0.1, 0.15) is 11.5 Å². The molecule has 0 radical (unpaired) electrons. The van der Waals surface area contributed by atoms with Gasteiger partial charge in [-0.1, -0.05) is 30.3 Å². The van der Waals surface area contributed by atoms with Crippen LogP contribution in [0.2, 0.25) is 0 Å². The molecule has 0 unspecified atom stereocenters. The van der Waals surface area contributed by atoms with E-state index in [1.165, 1.54) is 6.20 Å². The van der Waals surface area contributed by atoms with Crippen LogP contribution in [0.25, 0.3) is 22.3 Å². The minimum Gasteiger partial charge on any atom is -0.343 e. The van der Waals surface area contributed by atoms with E-state index in [9.17, 15) is 4.39 Å². The summed E-state index contributed by atoms with van der Waals surface area (Å²) in [6.07, 6.45) is 1.33. The molecule has 0 spiro atoms. The van der Waals surface area contributed by atoms with Gasteiger partial charge < -0.3 is 4.98 Å². The maximum absolute atomic E-state index is 13.2. The lowest BCUT2D eigenvalue weighted by Gasteiger charge is -1.99. The van der Waals surface area contributed by atoms with Crippen molar-refractivity contribution in [3.05, 3.63) is 54.5 Å². The molecule has 3 aromatic rings. The number of nitrogens with one attached hydrogen (secondary N) is 1. The number of fused-ring (bicyclic) bond motifs is 1. The van der Waals surface area contributed by atoms with E-state index in [1.807, 2.05) is 36.4 Å². The van der Waals surface area contributed by atoms with Gasteiger partial charge in [-0.3, -0.25) is 0 Å². The molecule has 16 heavy (non-hydrogen) atoms. The third-order valence-electron chi connectivity index (χ3n) is 2.56. The van der Waals surface area contributed by atoms with E-state index < -0.39 is 0 Å². The molecule has 0 amide bonds. The van der Waals surface area contributed by atoms with Crippen molar-refractivity contribution in [2.24, 2.45) is 0 Å². The lowest BCUT2D eigenvalue weighted by Crippen LogP contribution is -1.84. The van der Waals surface area contributed by atoms with Gasteiger partial charge in [-0.05, 0) is 12.1 Å². The zero-order valence-corrected chi connectivity index (χ0v) is 8.44. The largest absolute Gasteiger partial charge is 0.343 e. The highest BCUT2D eigenvalue weighted by molar-refractivity contribution is 5.79. The number of aromatic nitrogens is 2. The summed E-state index contributed by atoms with van der Waals surface area (Å²) in [5.74, 6) is -0.262. The highest BCUT2D eigenvalue weighted by Crippen LogP contribution is 2.21. The van der Waals surface area contributed by atoms with Crippen molar-refractivity contribution in [1.29, 1.82) is 0 Å². The van der Waals surface area contributed by atoms with Crippen LogP contribution in [0.4, 0.5) is 4.39 Å². The average molecular weight is 212 g/mol. The molecule has 0 bridgehead atoms. The molecule has 0 fully saturated rings. The molecule has 0 atom stereocenters. The van der Waals surface area contributed by atoms with Crippen LogP contribution in [0, 0.1) is 5.82 Å². The van der Waals surface area contributed by atoms with Crippen LogP contribution in [-0.4, -0.2) is 9.97 Å². The van der Waals surface area contributed by atoms with E-state index in [0.717, 1.165) is 11.3 Å². The smallest absolute Gasteiger partial charge is 0.150 e. The molecule has 0 saturated carbocycles. The van der Waals surface area contributed by atoms with E-state index in [1.54, 1.807) is 6.07 Å². The first-order valence-electron chi connectivity index (χ1n) is 5.03. The first kappa shape index (κ1) is 9.09. The predicted molar refractivity (Wildman–Crippen MR) is 61.5 cm³/mol. The molecule has 0 saturated heterocycles. The fourth-order valence-electron chi connectivity index (χ4n) is 1.74. The van der Waals surface area contributed by atoms with Crippen molar-refractivity contribution in [1.82, 2.24) is 9.97 Å². The second kappa shape index (κ2) is 3.45. The second-order valence-electron chi connectivity index (χ2n) is 3.60. The van der Waals surface area contributed by atoms with Crippen LogP contribution in [0.3, 0.4) is 0 Å². The number of hydrogen-bond acceptors (Lipinski definition) is 1. The minimum absolute atomic E-state index is 0.262. The molecular formula is C13H9FN2. The maximum Gasteiger partial charge on any atom is 0.150 e. The summed E-state index contributed by atoms with van der Waals surface area (Å²) in [5, 5.41) is 0.527. The first-order chi connectivity index (χ1) is 7.84. The highest BCUT2D eigenvalue weighted by Gasteiger charge is 2.05. The van der Waals surface area contributed by atoms with Gasteiger partial charge in [0.25, 0.3) is 0 Å². The molecule has 1 aromatic carbocycles. The summed E-state index contributed by atoms with van der Waals surface area (Å²) in [7, 11) is 0. The number of hydrogen-bond donors (Lipinski definition) is 1. The minimum atomic E-state index is -0.262. The quantitative estimate of drug-likeness (QED) is 0.658. The third kappa shape index (κ3) is 1.37. The summed E-state index contributed by atoms with van der Waals surface area (Å²) in [5.41, 5.74) is 2.45. The van der Waals surface area contributed by atoms with Crippen LogP contribution in [0.5, 0.6) is 0 Å². The van der Waals surface area contributed by atoms with Crippen LogP contribution in [-0.2, 0) is 0 Å². The van der Waals surface area contributed by atoms with E-state index in [0.29, 0.717) is 11.0 Å². The van der Waals surface area contributed by atoms with Gasteiger partial charge in [0.15, 0.2) is 0 Å². The van der Waals surface area contributed by atoms with Gasteiger partial charge in [0, 0.05) is 11.8 Å². The van der Waals surface area contributed by atoms with Crippen molar-refractivity contribution in [2.75, 3.05) is 0 Å². The SMILES string of the molecule is Fc1c[nH]c2nc(-c3ccccc3)ccc12. The Balaban J connectivity index is 2.19. The Hall–Kier alpha value is -2.16. The summed E-state index contributed by atoms with van der Waals surface area (Å²) in [6.45, 7) is 0. The third-order valence-corrected chi connectivity index (χ3v) is 2.56. The molecular weight excluding hydrogens is 203 g/mol. The number of nitrogens with zero attached hydrogens (tertiary/aromatic N) is 1. The Morgan fingerprint density at radius 3 is 2.62 bits per heavy atom. The zero-order chi connectivity index (χ0) is 11.0. The summed E-state index contributed by atoms with van der Waals surface area (Å²) in [4.78, 5) is 7.18. The molecule has 3 heteroatoms. The van der Waals surface area contributed by atoms with Crippen molar-refractivity contribution in [3.8, 4) is 11.3 Å². The Morgan fingerprint density at radius 1 is 1.00 bits per heavy atom. The van der Waals surface area contributed by atoms with E-state index in [2.05, 4.69) is 9.97 Å². The number of aromatic amines is 1. The Labute approximate surface area is 91.8 Å². The lowest BCUT2D eigenvalue weighted by atomic mass is 10.1. The fraction of sp³-hybridized carbons (Fsp3) is 0. The lowest BCUT2D eigenvalue weighted by molar-refractivity contribution is 0.639. The predicted octanol–water partition coefficient (Wildman–Crippen LogP) is 3.37. The molecule has 1 N–H and O–H groups in total. The number of H-pyrrole nitrogens is 1. The molecule has 0 aliphatic heterocycles. The molecule has 2 heterocycles. The molecule has 2 nitrogen and oxygen atoms in total. The first-order valence-corrected chi connectivity index (χ1v) is 5.03. The fourth-order valence-corrected chi connectivity index (χ4v) is 1.74. The van der Waals surface area contributed by atoms with E-state index >= 15 is 0 Å². The van der Waals surface area contributed by atoms with E-state index in [-0.39, 0.29) is 5.82 Å². The summed E-state index contributed by atoms with van der Waals surface area (Å²) >= 11 is 0. The highest BCUT2D eigenvalue weighted by atomic mass is 19.1. The molecule has 2 aromatic heterocycles. The van der Waals surface area contributed by atoms with E-state index in [4.69, 9.17) is 0 Å². The monoisotopic (exact) mass is 212 g/mol. The number of pyridine rings is 1. The van der Waals surface area contributed by atoms with Gasteiger partial charge in [-0.15, -0.1) is 0 Å². The van der Waals surface area contributed by atoms with Crippen molar-refractivity contribution in [2.45, 2.75) is 0 Å². The van der Waals surface area contributed by atoms with Crippen LogP contribution >= 0.6 is 0 Å².